The summed E-state index contributed by atoms with van der Waals surface area (Å²) in [6.07, 6.45) is 5.71. The van der Waals surface area contributed by atoms with E-state index in [4.69, 9.17) is 4.98 Å². The van der Waals surface area contributed by atoms with Crippen molar-refractivity contribution in [3.8, 4) is 28.3 Å². The molecule has 0 aliphatic heterocycles. The SMILES string of the molecule is Cc1cccc(-c2ccccn2)c1-n1ccnc1-c1[c-]cc2sc3ccccc3c2c1.[Ir]. The standard InChI is InChI=1S/C27H18N3S.Ir/c1-18-7-6-9-21(23-10-4-5-14-28-23)26(18)30-16-15-29-27(30)19-12-13-25-22(17-19)20-8-2-3-11-24(20)31-25;/h2-11,13-17H,1H3;/q-1;. The van der Waals surface area contributed by atoms with Crippen LogP contribution in [0.1, 0.15) is 5.56 Å². The zero-order valence-corrected chi connectivity index (χ0v) is 20.5. The first kappa shape index (κ1) is 20.8. The molecule has 0 bridgehead atoms. The predicted octanol–water partition coefficient (Wildman–Crippen LogP) is 7.08. The summed E-state index contributed by atoms with van der Waals surface area (Å²) in [6.45, 7) is 2.13. The number of benzene rings is 3. The number of fused-ring (bicyclic) bond motifs is 3. The van der Waals surface area contributed by atoms with Gasteiger partial charge in [-0.25, -0.2) is 0 Å². The molecule has 0 spiro atoms. The molecule has 0 unspecified atom stereocenters. The van der Waals surface area contributed by atoms with Gasteiger partial charge in [0.05, 0.1) is 17.2 Å². The number of imidazole rings is 1. The summed E-state index contributed by atoms with van der Waals surface area (Å²) in [7, 11) is 0. The van der Waals surface area contributed by atoms with Crippen molar-refractivity contribution < 1.29 is 20.1 Å². The third-order valence-corrected chi connectivity index (χ3v) is 6.74. The zero-order valence-electron chi connectivity index (χ0n) is 17.2. The number of hydrogen-bond acceptors (Lipinski definition) is 3. The Morgan fingerprint density at radius 1 is 0.844 bits per heavy atom. The number of aryl methyl sites for hydroxylation is 1. The second kappa shape index (κ2) is 8.44. The van der Waals surface area contributed by atoms with Crippen molar-refractivity contribution in [2.24, 2.45) is 0 Å². The van der Waals surface area contributed by atoms with Crippen molar-refractivity contribution in [2.75, 3.05) is 0 Å². The van der Waals surface area contributed by atoms with Crippen molar-refractivity contribution in [3.05, 3.63) is 103 Å². The molecule has 0 aliphatic carbocycles. The first-order valence-electron chi connectivity index (χ1n) is 10.2. The maximum Gasteiger partial charge on any atom is 0.0722 e. The van der Waals surface area contributed by atoms with E-state index >= 15 is 0 Å². The van der Waals surface area contributed by atoms with E-state index in [1.807, 2.05) is 36.8 Å². The topological polar surface area (TPSA) is 30.7 Å². The average molecular weight is 609 g/mol. The van der Waals surface area contributed by atoms with Crippen molar-refractivity contribution in [2.45, 2.75) is 6.92 Å². The summed E-state index contributed by atoms with van der Waals surface area (Å²) in [4.78, 5) is 9.32. The van der Waals surface area contributed by atoms with Crippen LogP contribution >= 0.6 is 11.3 Å². The molecule has 0 saturated heterocycles. The average Bonchev–Trinajstić information content (AvgIpc) is 3.44. The predicted molar refractivity (Wildman–Crippen MR) is 129 cm³/mol. The zero-order chi connectivity index (χ0) is 20.8. The molecule has 3 heterocycles. The van der Waals surface area contributed by atoms with E-state index in [2.05, 4.69) is 77.1 Å². The molecule has 3 aromatic carbocycles. The fourth-order valence-corrected chi connectivity index (χ4v) is 5.26. The van der Waals surface area contributed by atoms with Gasteiger partial charge in [0.1, 0.15) is 0 Å². The molecule has 157 valence electrons. The summed E-state index contributed by atoms with van der Waals surface area (Å²) >= 11 is 1.80. The number of hydrogen-bond donors (Lipinski definition) is 0. The molecule has 0 N–H and O–H groups in total. The number of para-hydroxylation sites is 1. The molecule has 0 aliphatic rings. The van der Waals surface area contributed by atoms with E-state index in [1.54, 1.807) is 11.3 Å². The minimum atomic E-state index is 0. The van der Waals surface area contributed by atoms with E-state index in [0.29, 0.717) is 0 Å². The summed E-state index contributed by atoms with van der Waals surface area (Å²) in [6, 6.07) is 28.7. The van der Waals surface area contributed by atoms with Gasteiger partial charge in [-0.3, -0.25) is 9.97 Å². The van der Waals surface area contributed by atoms with Crippen LogP contribution in [0, 0.1) is 13.0 Å². The molecule has 32 heavy (non-hydrogen) atoms. The molecular formula is C27H18IrN3S-. The number of thiophene rings is 1. The van der Waals surface area contributed by atoms with Crippen LogP contribution in [0.5, 0.6) is 0 Å². The van der Waals surface area contributed by atoms with E-state index in [1.165, 1.54) is 25.7 Å². The Hall–Kier alpha value is -3.11. The second-order valence-electron chi connectivity index (χ2n) is 7.53. The molecule has 3 nitrogen and oxygen atoms in total. The van der Waals surface area contributed by atoms with E-state index in [0.717, 1.165) is 28.3 Å². The monoisotopic (exact) mass is 609 g/mol. The van der Waals surface area contributed by atoms with Crippen molar-refractivity contribution in [1.29, 1.82) is 0 Å². The van der Waals surface area contributed by atoms with Crippen LogP contribution in [-0.4, -0.2) is 14.5 Å². The summed E-state index contributed by atoms with van der Waals surface area (Å²) in [5.74, 6) is 0.878. The minimum absolute atomic E-state index is 0. The van der Waals surface area contributed by atoms with Gasteiger partial charge in [0.15, 0.2) is 0 Å². The molecule has 6 rings (SSSR count). The number of nitrogens with zero attached hydrogens (tertiary/aromatic N) is 3. The Morgan fingerprint density at radius 3 is 2.59 bits per heavy atom. The van der Waals surface area contributed by atoms with Gasteiger partial charge in [0.2, 0.25) is 0 Å². The van der Waals surface area contributed by atoms with Crippen molar-refractivity contribution >= 4 is 31.5 Å². The number of aromatic nitrogens is 3. The van der Waals surface area contributed by atoms with Gasteiger partial charge in [-0.05, 0) is 40.8 Å². The molecule has 0 fully saturated rings. The Morgan fingerprint density at radius 2 is 1.72 bits per heavy atom. The Labute approximate surface area is 203 Å². The van der Waals surface area contributed by atoms with Crippen LogP contribution in [0.2, 0.25) is 0 Å². The molecule has 5 heteroatoms. The van der Waals surface area contributed by atoms with Gasteiger partial charge in [-0.15, -0.1) is 23.8 Å². The van der Waals surface area contributed by atoms with Crippen LogP contribution in [0.25, 0.3) is 48.5 Å². The maximum absolute atomic E-state index is 4.72. The third-order valence-electron chi connectivity index (χ3n) is 5.61. The van der Waals surface area contributed by atoms with Gasteiger partial charge in [0, 0.05) is 49.0 Å². The molecule has 6 aromatic rings. The van der Waals surface area contributed by atoms with Crippen LogP contribution in [0.4, 0.5) is 0 Å². The minimum Gasteiger partial charge on any atom is -0.339 e. The summed E-state index contributed by atoms with van der Waals surface area (Å²) in [5.41, 5.74) is 5.28. The summed E-state index contributed by atoms with van der Waals surface area (Å²) < 4.78 is 4.70. The first-order valence-corrected chi connectivity index (χ1v) is 11.0. The molecule has 0 atom stereocenters. The Bertz CT molecular complexity index is 1550. The molecule has 0 saturated carbocycles. The third kappa shape index (κ3) is 3.39. The van der Waals surface area contributed by atoms with E-state index < -0.39 is 0 Å². The van der Waals surface area contributed by atoms with E-state index in [-0.39, 0.29) is 20.1 Å². The Balaban J connectivity index is 0.00000216. The summed E-state index contributed by atoms with van der Waals surface area (Å²) in [5, 5.41) is 2.53. The van der Waals surface area contributed by atoms with Crippen LogP contribution < -0.4 is 0 Å². The normalized spacial score (nSPS) is 11.0. The Kier molecular flexibility index (Phi) is 5.48. The van der Waals surface area contributed by atoms with Crippen LogP contribution in [-0.2, 0) is 20.1 Å². The molecular weight excluding hydrogens is 591 g/mol. The van der Waals surface area contributed by atoms with Crippen LogP contribution in [0.3, 0.4) is 0 Å². The molecule has 1 radical (unpaired) electrons. The number of rotatable bonds is 3. The van der Waals surface area contributed by atoms with Gasteiger partial charge < -0.3 is 4.57 Å². The van der Waals surface area contributed by atoms with Crippen molar-refractivity contribution in [1.82, 2.24) is 14.5 Å². The van der Waals surface area contributed by atoms with Gasteiger partial charge in [-0.2, -0.15) is 11.3 Å². The maximum atomic E-state index is 4.72. The van der Waals surface area contributed by atoms with Crippen LogP contribution in [0.15, 0.2) is 91.4 Å². The van der Waals surface area contributed by atoms with Crippen molar-refractivity contribution in [3.63, 3.8) is 0 Å². The second-order valence-corrected chi connectivity index (χ2v) is 8.61. The number of pyridine rings is 1. The van der Waals surface area contributed by atoms with Gasteiger partial charge >= 0.3 is 0 Å². The van der Waals surface area contributed by atoms with E-state index in [9.17, 15) is 0 Å². The quantitative estimate of drug-likeness (QED) is 0.201. The largest absolute Gasteiger partial charge is 0.339 e. The van der Waals surface area contributed by atoms with Gasteiger partial charge in [0.25, 0.3) is 0 Å². The van der Waals surface area contributed by atoms with Gasteiger partial charge in [-0.1, -0.05) is 47.9 Å². The fraction of sp³-hybridized carbons (Fsp3) is 0.0370. The first-order chi connectivity index (χ1) is 15.3. The smallest absolute Gasteiger partial charge is 0.0722 e. The molecule has 3 aromatic heterocycles. The molecule has 0 amide bonds. The fourth-order valence-electron chi connectivity index (χ4n) is 4.19.